The van der Waals surface area contributed by atoms with Gasteiger partial charge in [-0.2, -0.15) is 13.2 Å². The summed E-state index contributed by atoms with van der Waals surface area (Å²) in [4.78, 5) is 0. The van der Waals surface area contributed by atoms with E-state index in [1.54, 1.807) is 19.1 Å². The van der Waals surface area contributed by atoms with E-state index in [9.17, 15) is 17.6 Å². The summed E-state index contributed by atoms with van der Waals surface area (Å²) in [6.07, 6.45) is -3.16. The summed E-state index contributed by atoms with van der Waals surface area (Å²) in [6, 6.07) is 8.82. The van der Waals surface area contributed by atoms with E-state index in [0.717, 1.165) is 17.2 Å². The Balaban J connectivity index is 2.12. The standard InChI is InChI=1S/C17H14F4/c1-10-8-14-11(9-16(10)18)6-7-12(14)13-4-2-3-5-15(13)17(19,20)21/h2-5,8-9,12H,6-7H2,1H3. The van der Waals surface area contributed by atoms with Crippen LogP contribution in [0.2, 0.25) is 0 Å². The van der Waals surface area contributed by atoms with Gasteiger partial charge in [0.1, 0.15) is 5.82 Å². The van der Waals surface area contributed by atoms with Crippen LogP contribution in [0.25, 0.3) is 0 Å². The van der Waals surface area contributed by atoms with Crippen molar-refractivity contribution < 1.29 is 17.6 Å². The van der Waals surface area contributed by atoms with Gasteiger partial charge in [-0.1, -0.05) is 24.3 Å². The first-order valence-electron chi connectivity index (χ1n) is 6.83. The predicted molar refractivity (Wildman–Crippen MR) is 72.7 cm³/mol. The monoisotopic (exact) mass is 294 g/mol. The van der Waals surface area contributed by atoms with Crippen LogP contribution in [0.1, 0.15) is 40.2 Å². The smallest absolute Gasteiger partial charge is 0.207 e. The first kappa shape index (κ1) is 14.1. The second-order valence-corrected chi connectivity index (χ2v) is 5.48. The van der Waals surface area contributed by atoms with Crippen LogP contribution >= 0.6 is 0 Å². The van der Waals surface area contributed by atoms with Crippen LogP contribution in [0.3, 0.4) is 0 Å². The predicted octanol–water partition coefficient (Wildman–Crippen LogP) is 5.23. The van der Waals surface area contributed by atoms with Crippen LogP contribution < -0.4 is 0 Å². The Bertz CT molecular complexity index is 686. The second-order valence-electron chi connectivity index (χ2n) is 5.48. The molecule has 2 aromatic rings. The van der Waals surface area contributed by atoms with Crippen molar-refractivity contribution in [2.45, 2.75) is 31.9 Å². The Morgan fingerprint density at radius 1 is 1.05 bits per heavy atom. The molecule has 3 rings (SSSR count). The van der Waals surface area contributed by atoms with Crippen molar-refractivity contribution in [3.8, 4) is 0 Å². The summed E-state index contributed by atoms with van der Waals surface area (Å²) in [5, 5.41) is 0. The molecule has 1 unspecified atom stereocenters. The highest BCUT2D eigenvalue weighted by Crippen LogP contribution is 2.44. The summed E-state index contributed by atoms with van der Waals surface area (Å²) >= 11 is 0. The van der Waals surface area contributed by atoms with E-state index in [4.69, 9.17) is 0 Å². The van der Waals surface area contributed by atoms with Gasteiger partial charge >= 0.3 is 6.18 Å². The van der Waals surface area contributed by atoms with Gasteiger partial charge in [0.2, 0.25) is 0 Å². The molecule has 0 aromatic heterocycles. The van der Waals surface area contributed by atoms with E-state index in [-0.39, 0.29) is 17.3 Å². The van der Waals surface area contributed by atoms with E-state index in [2.05, 4.69) is 0 Å². The lowest BCUT2D eigenvalue weighted by atomic mass is 9.88. The van der Waals surface area contributed by atoms with Gasteiger partial charge in [-0.05, 0) is 54.2 Å². The molecule has 0 nitrogen and oxygen atoms in total. The third-order valence-corrected chi connectivity index (χ3v) is 4.14. The normalized spacial score (nSPS) is 17.9. The van der Waals surface area contributed by atoms with Crippen LogP contribution in [0, 0.1) is 12.7 Å². The summed E-state index contributed by atoms with van der Waals surface area (Å²) in [6.45, 7) is 1.64. The quantitative estimate of drug-likeness (QED) is 0.632. The van der Waals surface area contributed by atoms with E-state index >= 15 is 0 Å². The molecule has 21 heavy (non-hydrogen) atoms. The molecule has 0 N–H and O–H groups in total. The minimum atomic E-state index is -4.37. The van der Waals surface area contributed by atoms with Crippen molar-refractivity contribution in [1.82, 2.24) is 0 Å². The molecule has 4 heteroatoms. The number of rotatable bonds is 1. The number of hydrogen-bond donors (Lipinski definition) is 0. The van der Waals surface area contributed by atoms with Crippen molar-refractivity contribution >= 4 is 0 Å². The third kappa shape index (κ3) is 2.43. The Hall–Kier alpha value is -1.84. The second kappa shape index (κ2) is 4.86. The van der Waals surface area contributed by atoms with Crippen LogP contribution in [-0.2, 0) is 12.6 Å². The molecule has 110 valence electrons. The molecule has 0 spiro atoms. The average molecular weight is 294 g/mol. The molecule has 0 saturated carbocycles. The molecule has 2 aromatic carbocycles. The summed E-state index contributed by atoms with van der Waals surface area (Å²) in [5.41, 5.74) is 1.82. The van der Waals surface area contributed by atoms with Gasteiger partial charge in [0.05, 0.1) is 5.56 Å². The van der Waals surface area contributed by atoms with Crippen LogP contribution in [0.5, 0.6) is 0 Å². The number of halogens is 4. The number of aryl methyl sites for hydroxylation is 2. The molecule has 0 radical (unpaired) electrons. The largest absolute Gasteiger partial charge is 0.416 e. The minimum absolute atomic E-state index is 0.287. The fourth-order valence-corrected chi connectivity index (χ4v) is 3.12. The topological polar surface area (TPSA) is 0 Å². The van der Waals surface area contributed by atoms with Crippen molar-refractivity contribution in [3.63, 3.8) is 0 Å². The first-order valence-corrected chi connectivity index (χ1v) is 6.83. The molecule has 0 heterocycles. The number of benzene rings is 2. The molecule has 1 atom stereocenters. The molecule has 0 saturated heterocycles. The van der Waals surface area contributed by atoms with E-state index in [0.29, 0.717) is 18.4 Å². The average Bonchev–Trinajstić information content (AvgIpc) is 2.81. The number of fused-ring (bicyclic) bond motifs is 1. The molecule has 0 bridgehead atoms. The summed E-state index contributed by atoms with van der Waals surface area (Å²) in [5.74, 6) is -0.601. The molecule has 0 fully saturated rings. The fourth-order valence-electron chi connectivity index (χ4n) is 3.12. The van der Waals surface area contributed by atoms with E-state index in [1.807, 2.05) is 0 Å². The Kier molecular flexibility index (Phi) is 3.27. The summed E-state index contributed by atoms with van der Waals surface area (Å²) in [7, 11) is 0. The van der Waals surface area contributed by atoms with Crippen molar-refractivity contribution in [2.75, 3.05) is 0 Å². The van der Waals surface area contributed by atoms with E-state index in [1.165, 1.54) is 18.2 Å². The molecular formula is C17H14F4. The van der Waals surface area contributed by atoms with Gasteiger partial charge in [-0.25, -0.2) is 4.39 Å². The Morgan fingerprint density at radius 3 is 2.48 bits per heavy atom. The van der Waals surface area contributed by atoms with Crippen LogP contribution in [0.15, 0.2) is 36.4 Å². The first-order chi connectivity index (χ1) is 9.88. The van der Waals surface area contributed by atoms with Gasteiger partial charge in [0.25, 0.3) is 0 Å². The molecule has 1 aliphatic rings. The van der Waals surface area contributed by atoms with Gasteiger partial charge in [-0.15, -0.1) is 0 Å². The Labute approximate surface area is 120 Å². The zero-order chi connectivity index (χ0) is 15.2. The highest BCUT2D eigenvalue weighted by atomic mass is 19.4. The van der Waals surface area contributed by atoms with Crippen molar-refractivity contribution in [2.24, 2.45) is 0 Å². The van der Waals surface area contributed by atoms with Gasteiger partial charge in [0, 0.05) is 5.92 Å². The van der Waals surface area contributed by atoms with Gasteiger partial charge < -0.3 is 0 Å². The third-order valence-electron chi connectivity index (χ3n) is 4.14. The van der Waals surface area contributed by atoms with Crippen LogP contribution in [-0.4, -0.2) is 0 Å². The molecule has 0 amide bonds. The zero-order valence-corrected chi connectivity index (χ0v) is 11.5. The highest BCUT2D eigenvalue weighted by molar-refractivity contribution is 5.47. The fraction of sp³-hybridized carbons (Fsp3) is 0.294. The molecule has 0 aliphatic heterocycles. The van der Waals surface area contributed by atoms with Gasteiger partial charge in [0.15, 0.2) is 0 Å². The lowest BCUT2D eigenvalue weighted by Crippen LogP contribution is -2.11. The maximum absolute atomic E-state index is 13.6. The zero-order valence-electron chi connectivity index (χ0n) is 11.5. The molecular weight excluding hydrogens is 280 g/mol. The van der Waals surface area contributed by atoms with Crippen LogP contribution in [0.4, 0.5) is 17.6 Å². The maximum Gasteiger partial charge on any atom is 0.416 e. The minimum Gasteiger partial charge on any atom is -0.207 e. The summed E-state index contributed by atoms with van der Waals surface area (Å²) < 4.78 is 53.1. The van der Waals surface area contributed by atoms with Crippen molar-refractivity contribution in [3.05, 3.63) is 70.0 Å². The number of hydrogen-bond acceptors (Lipinski definition) is 0. The van der Waals surface area contributed by atoms with Gasteiger partial charge in [-0.3, -0.25) is 0 Å². The lowest BCUT2D eigenvalue weighted by Gasteiger charge is -2.19. The van der Waals surface area contributed by atoms with Crippen molar-refractivity contribution in [1.29, 1.82) is 0 Å². The maximum atomic E-state index is 13.6. The SMILES string of the molecule is Cc1cc2c(cc1F)CCC2c1ccccc1C(F)(F)F. The Morgan fingerprint density at radius 2 is 1.76 bits per heavy atom. The number of alkyl halides is 3. The van der Waals surface area contributed by atoms with E-state index < -0.39 is 11.7 Å². The lowest BCUT2D eigenvalue weighted by molar-refractivity contribution is -0.138. The highest BCUT2D eigenvalue weighted by Gasteiger charge is 2.37. The molecule has 1 aliphatic carbocycles.